The fourth-order valence-corrected chi connectivity index (χ4v) is 1.80. The molecule has 0 saturated carbocycles. The van der Waals surface area contributed by atoms with Gasteiger partial charge in [0.1, 0.15) is 0 Å². The summed E-state index contributed by atoms with van der Waals surface area (Å²) in [4.78, 5) is 11.6. The zero-order valence-electron chi connectivity index (χ0n) is 7.10. The normalized spacial score (nSPS) is 25.5. The smallest absolute Gasteiger partial charge is 0.225 e. The summed E-state index contributed by atoms with van der Waals surface area (Å²) in [6.07, 6.45) is 0.558. The lowest BCUT2D eigenvalue weighted by Crippen LogP contribution is -2.27. The van der Waals surface area contributed by atoms with Gasteiger partial charge in [0, 0.05) is 12.3 Å². The Balaban J connectivity index is 2.76. The molecule has 0 aromatic rings. The zero-order chi connectivity index (χ0) is 8.65. The van der Waals surface area contributed by atoms with Crippen molar-refractivity contribution in [2.75, 3.05) is 0 Å². The van der Waals surface area contributed by atoms with Crippen LogP contribution in [0.1, 0.15) is 27.2 Å². The number of hydrogen-bond donors (Lipinski definition) is 1. The van der Waals surface area contributed by atoms with E-state index in [4.69, 9.17) is 12.2 Å². The van der Waals surface area contributed by atoms with Crippen LogP contribution in [0.3, 0.4) is 0 Å². The monoisotopic (exact) mass is 171 g/mol. The van der Waals surface area contributed by atoms with Crippen molar-refractivity contribution in [2.45, 2.75) is 27.2 Å². The van der Waals surface area contributed by atoms with Gasteiger partial charge in [-0.25, -0.2) is 0 Å². The first-order valence-electron chi connectivity index (χ1n) is 3.75. The van der Waals surface area contributed by atoms with Gasteiger partial charge in [0.2, 0.25) is 5.91 Å². The van der Waals surface area contributed by atoms with Crippen LogP contribution in [0.4, 0.5) is 0 Å². The molecule has 0 aromatic carbocycles. The van der Waals surface area contributed by atoms with Gasteiger partial charge in [0.05, 0.1) is 4.99 Å². The molecule has 1 amide bonds. The number of rotatable bonds is 0. The fourth-order valence-electron chi connectivity index (χ4n) is 1.25. The molecule has 0 aromatic heterocycles. The van der Waals surface area contributed by atoms with Crippen molar-refractivity contribution in [3.05, 3.63) is 0 Å². The maximum Gasteiger partial charge on any atom is 0.225 e. The molecule has 1 aliphatic rings. The Morgan fingerprint density at radius 2 is 2.09 bits per heavy atom. The van der Waals surface area contributed by atoms with Gasteiger partial charge in [0.15, 0.2) is 0 Å². The van der Waals surface area contributed by atoms with Crippen LogP contribution in [0, 0.1) is 11.3 Å². The molecule has 1 aliphatic heterocycles. The van der Waals surface area contributed by atoms with Crippen LogP contribution in [-0.2, 0) is 4.79 Å². The molecule has 11 heavy (non-hydrogen) atoms. The highest BCUT2D eigenvalue weighted by Gasteiger charge is 2.35. The average molecular weight is 171 g/mol. The van der Waals surface area contributed by atoms with E-state index in [9.17, 15) is 4.79 Å². The summed E-state index contributed by atoms with van der Waals surface area (Å²) in [6.45, 7) is 6.30. The summed E-state index contributed by atoms with van der Waals surface area (Å²) in [5, 5.41) is 2.67. The highest BCUT2D eigenvalue weighted by molar-refractivity contribution is 7.80. The van der Waals surface area contributed by atoms with Gasteiger partial charge >= 0.3 is 0 Å². The lowest BCUT2D eigenvalue weighted by Gasteiger charge is -2.24. The maximum atomic E-state index is 10.9. The fraction of sp³-hybridized carbons (Fsp3) is 0.750. The van der Waals surface area contributed by atoms with Crippen LogP contribution in [0.25, 0.3) is 0 Å². The Hall–Kier alpha value is -0.440. The molecule has 62 valence electrons. The molecule has 3 heteroatoms. The second-order valence-electron chi connectivity index (χ2n) is 4.04. The molecule has 1 unspecified atom stereocenters. The van der Waals surface area contributed by atoms with Gasteiger partial charge in [-0.1, -0.05) is 33.0 Å². The van der Waals surface area contributed by atoms with Gasteiger partial charge in [-0.05, 0) is 5.41 Å². The topological polar surface area (TPSA) is 29.1 Å². The predicted molar refractivity (Wildman–Crippen MR) is 48.3 cm³/mol. The maximum absolute atomic E-state index is 10.9. The van der Waals surface area contributed by atoms with Gasteiger partial charge < -0.3 is 5.32 Å². The lowest BCUT2D eigenvalue weighted by molar-refractivity contribution is -0.119. The molecule has 0 spiro atoms. The summed E-state index contributed by atoms with van der Waals surface area (Å²) < 4.78 is 0. The van der Waals surface area contributed by atoms with Gasteiger partial charge in [-0.2, -0.15) is 0 Å². The van der Waals surface area contributed by atoms with Crippen molar-refractivity contribution in [1.82, 2.24) is 5.32 Å². The molecule has 2 nitrogen and oxygen atoms in total. The van der Waals surface area contributed by atoms with E-state index in [1.807, 2.05) is 0 Å². The molecule has 1 rings (SSSR count). The highest BCUT2D eigenvalue weighted by Crippen LogP contribution is 2.32. The molecular formula is C8H13NOS. The number of nitrogens with one attached hydrogen (secondary N) is 1. The Labute approximate surface area is 72.4 Å². The summed E-state index contributed by atoms with van der Waals surface area (Å²) in [5.41, 5.74) is 0.107. The number of amides is 1. The van der Waals surface area contributed by atoms with Crippen molar-refractivity contribution in [3.63, 3.8) is 0 Å². The first-order valence-corrected chi connectivity index (χ1v) is 4.16. The summed E-state index contributed by atoms with van der Waals surface area (Å²) in [6, 6.07) is 0. The zero-order valence-corrected chi connectivity index (χ0v) is 7.92. The van der Waals surface area contributed by atoms with E-state index in [1.54, 1.807) is 0 Å². The second kappa shape index (κ2) is 2.55. The molecule has 0 radical (unpaired) electrons. The van der Waals surface area contributed by atoms with Crippen molar-refractivity contribution >= 4 is 23.1 Å². The third kappa shape index (κ3) is 1.77. The molecule has 0 aliphatic carbocycles. The van der Waals surface area contributed by atoms with Crippen LogP contribution >= 0.6 is 12.2 Å². The summed E-state index contributed by atoms with van der Waals surface area (Å²) in [7, 11) is 0. The largest absolute Gasteiger partial charge is 0.320 e. The first kappa shape index (κ1) is 8.65. The van der Waals surface area contributed by atoms with E-state index in [0.717, 1.165) is 0 Å². The standard InChI is InChI=1S/C8H13NOS/c1-8(2,3)5-4-6(10)9-7(5)11/h5H,4H2,1-3H3,(H,9,10,11). The lowest BCUT2D eigenvalue weighted by atomic mass is 9.80. The number of carbonyl (C=O) groups excluding carboxylic acids is 1. The van der Waals surface area contributed by atoms with E-state index < -0.39 is 0 Å². The van der Waals surface area contributed by atoms with Crippen molar-refractivity contribution in [3.8, 4) is 0 Å². The summed E-state index contributed by atoms with van der Waals surface area (Å²) in [5.74, 6) is 0.292. The third-order valence-electron chi connectivity index (χ3n) is 2.01. The molecule has 1 N–H and O–H groups in total. The van der Waals surface area contributed by atoms with Crippen LogP contribution < -0.4 is 5.32 Å². The number of carbonyl (C=O) groups is 1. The number of thiocarbonyl (C=S) groups is 1. The van der Waals surface area contributed by atoms with E-state index in [1.165, 1.54) is 0 Å². The van der Waals surface area contributed by atoms with Crippen molar-refractivity contribution < 1.29 is 4.79 Å². The Morgan fingerprint density at radius 1 is 1.55 bits per heavy atom. The minimum absolute atomic E-state index is 0.0647. The Bertz CT molecular complexity index is 205. The van der Waals surface area contributed by atoms with E-state index in [0.29, 0.717) is 11.4 Å². The molecule has 1 atom stereocenters. The molecule has 1 heterocycles. The Kier molecular flexibility index (Phi) is 2.01. The van der Waals surface area contributed by atoms with Crippen LogP contribution in [0.5, 0.6) is 0 Å². The van der Waals surface area contributed by atoms with Crippen LogP contribution in [-0.4, -0.2) is 10.9 Å². The number of hydrogen-bond acceptors (Lipinski definition) is 2. The van der Waals surface area contributed by atoms with Gasteiger partial charge in [-0.3, -0.25) is 4.79 Å². The quantitative estimate of drug-likeness (QED) is 0.560. The van der Waals surface area contributed by atoms with Gasteiger partial charge in [0.25, 0.3) is 0 Å². The molecule has 1 saturated heterocycles. The average Bonchev–Trinajstić information content (AvgIpc) is 2.08. The van der Waals surface area contributed by atoms with Crippen molar-refractivity contribution in [2.24, 2.45) is 11.3 Å². The van der Waals surface area contributed by atoms with Gasteiger partial charge in [-0.15, -0.1) is 0 Å². The van der Waals surface area contributed by atoms with E-state index >= 15 is 0 Å². The second-order valence-corrected chi connectivity index (χ2v) is 4.47. The summed E-state index contributed by atoms with van der Waals surface area (Å²) >= 11 is 5.03. The molecule has 1 fully saturated rings. The molecular weight excluding hydrogens is 158 g/mol. The first-order chi connectivity index (χ1) is 4.91. The molecule has 0 bridgehead atoms. The van der Waals surface area contributed by atoms with Crippen molar-refractivity contribution in [1.29, 1.82) is 0 Å². The van der Waals surface area contributed by atoms with E-state index in [-0.39, 0.29) is 17.2 Å². The van der Waals surface area contributed by atoms with E-state index in [2.05, 4.69) is 26.1 Å². The highest BCUT2D eigenvalue weighted by atomic mass is 32.1. The van der Waals surface area contributed by atoms with Crippen LogP contribution in [0.15, 0.2) is 0 Å². The SMILES string of the molecule is CC(C)(C)C1CC(=O)NC1=S. The minimum atomic E-state index is 0.0647. The predicted octanol–water partition coefficient (Wildman–Crippen LogP) is 1.50. The Morgan fingerprint density at radius 3 is 2.27 bits per heavy atom. The van der Waals surface area contributed by atoms with Crippen LogP contribution in [0.2, 0.25) is 0 Å². The minimum Gasteiger partial charge on any atom is -0.320 e. The third-order valence-corrected chi connectivity index (χ3v) is 2.40.